The summed E-state index contributed by atoms with van der Waals surface area (Å²) >= 11 is 0. The maximum absolute atomic E-state index is 12.6. The number of carboxylic acids is 1. The van der Waals surface area contributed by atoms with Crippen LogP contribution in [0, 0.1) is 11.8 Å². The van der Waals surface area contributed by atoms with Crippen LogP contribution >= 0.6 is 0 Å². The van der Waals surface area contributed by atoms with Gasteiger partial charge >= 0.3 is 12.1 Å². The van der Waals surface area contributed by atoms with Crippen molar-refractivity contribution in [1.82, 2.24) is 10.6 Å². The first-order chi connectivity index (χ1) is 17.0. The van der Waals surface area contributed by atoms with Crippen LogP contribution in [-0.2, 0) is 14.3 Å². The normalized spacial score (nSPS) is 19.8. The smallest absolute Gasteiger partial charge is 0.407 e. The Bertz CT molecular complexity index is 1030. The molecule has 0 bridgehead atoms. The number of aliphatic carboxylic acids is 1. The fraction of sp³-hybridized carbons (Fsp3) is 0.444. The van der Waals surface area contributed by atoms with E-state index in [1.54, 1.807) is 0 Å². The molecule has 0 aromatic heterocycles. The zero-order chi connectivity index (χ0) is 24.8. The number of hydrogen-bond acceptors (Lipinski definition) is 5. The summed E-state index contributed by atoms with van der Waals surface area (Å²) in [7, 11) is 0. The molecule has 0 spiro atoms. The lowest BCUT2D eigenvalue weighted by Crippen LogP contribution is -2.45. The molecule has 3 atom stereocenters. The lowest BCUT2D eigenvalue weighted by molar-refractivity contribution is -0.143. The summed E-state index contributed by atoms with van der Waals surface area (Å²) in [6, 6.07) is 15.3. The molecule has 186 valence electrons. The predicted molar refractivity (Wildman–Crippen MR) is 130 cm³/mol. The van der Waals surface area contributed by atoms with Gasteiger partial charge in [-0.25, -0.2) is 9.59 Å². The minimum absolute atomic E-state index is 0.00277. The van der Waals surface area contributed by atoms with Crippen molar-refractivity contribution in [3.8, 4) is 11.1 Å². The summed E-state index contributed by atoms with van der Waals surface area (Å²) in [6.45, 7) is 0.338. The van der Waals surface area contributed by atoms with Crippen molar-refractivity contribution >= 4 is 18.0 Å². The third kappa shape index (κ3) is 5.82. The highest BCUT2D eigenvalue weighted by molar-refractivity contribution is 5.85. The molecule has 2 aromatic carbocycles. The second kappa shape index (κ2) is 11.4. The van der Waals surface area contributed by atoms with E-state index >= 15 is 0 Å². The number of alkyl carbamates (subject to hydrolysis) is 1. The molecule has 0 aliphatic heterocycles. The molecule has 4 N–H and O–H groups in total. The Balaban J connectivity index is 1.26. The molecular weight excluding hydrogens is 448 g/mol. The maximum atomic E-state index is 12.6. The van der Waals surface area contributed by atoms with E-state index in [1.165, 1.54) is 11.1 Å². The van der Waals surface area contributed by atoms with Crippen LogP contribution in [0.25, 0.3) is 11.1 Å². The van der Waals surface area contributed by atoms with E-state index in [0.717, 1.165) is 24.0 Å². The first-order valence-electron chi connectivity index (χ1n) is 12.2. The largest absolute Gasteiger partial charge is 0.480 e. The quantitative estimate of drug-likeness (QED) is 0.437. The Morgan fingerprint density at radius 1 is 1.00 bits per heavy atom. The fourth-order valence-corrected chi connectivity index (χ4v) is 5.27. The van der Waals surface area contributed by atoms with Crippen molar-refractivity contribution < 1.29 is 29.3 Å². The first-order valence-corrected chi connectivity index (χ1v) is 12.2. The fourth-order valence-electron chi connectivity index (χ4n) is 5.27. The van der Waals surface area contributed by atoms with Gasteiger partial charge < -0.3 is 25.6 Å². The number of aliphatic hydroxyl groups excluding tert-OH is 1. The summed E-state index contributed by atoms with van der Waals surface area (Å²) in [5, 5.41) is 23.6. The second-order valence-corrected chi connectivity index (χ2v) is 9.35. The van der Waals surface area contributed by atoms with Crippen LogP contribution in [0.1, 0.15) is 49.1 Å². The molecule has 35 heavy (non-hydrogen) atoms. The molecule has 0 radical (unpaired) electrons. The molecule has 0 saturated heterocycles. The SMILES string of the molecule is O=C(NCC1CCCC(C(=O)N[C@@H](CCO)C(=O)O)C1)OCC1c2ccccc2-c2ccccc21. The van der Waals surface area contributed by atoms with Crippen LogP contribution in [0.2, 0.25) is 0 Å². The minimum Gasteiger partial charge on any atom is -0.480 e. The number of amides is 2. The highest BCUT2D eigenvalue weighted by Gasteiger charge is 2.31. The Hall–Kier alpha value is -3.39. The molecule has 1 saturated carbocycles. The molecule has 8 heteroatoms. The highest BCUT2D eigenvalue weighted by Crippen LogP contribution is 2.44. The predicted octanol–water partition coefficient (Wildman–Crippen LogP) is 3.28. The van der Waals surface area contributed by atoms with Crippen LogP contribution < -0.4 is 10.6 Å². The lowest BCUT2D eigenvalue weighted by atomic mass is 9.81. The second-order valence-electron chi connectivity index (χ2n) is 9.35. The topological polar surface area (TPSA) is 125 Å². The van der Waals surface area contributed by atoms with Gasteiger partial charge in [0.15, 0.2) is 0 Å². The van der Waals surface area contributed by atoms with E-state index < -0.39 is 18.1 Å². The number of ether oxygens (including phenoxy) is 1. The van der Waals surface area contributed by atoms with Crippen molar-refractivity contribution in [1.29, 1.82) is 0 Å². The molecular formula is C27H32N2O6. The van der Waals surface area contributed by atoms with Crippen molar-refractivity contribution in [3.05, 3.63) is 59.7 Å². The van der Waals surface area contributed by atoms with Gasteiger partial charge in [0.05, 0.1) is 0 Å². The molecule has 2 aliphatic rings. The average Bonchev–Trinajstić information content (AvgIpc) is 3.19. The maximum Gasteiger partial charge on any atom is 0.407 e. The molecule has 2 unspecified atom stereocenters. The van der Waals surface area contributed by atoms with Gasteiger partial charge in [0.1, 0.15) is 12.6 Å². The third-order valence-corrected chi connectivity index (χ3v) is 7.06. The number of carboxylic acid groups (broad SMARTS) is 1. The van der Waals surface area contributed by atoms with Gasteiger partial charge in [-0.3, -0.25) is 4.79 Å². The molecule has 4 rings (SSSR count). The van der Waals surface area contributed by atoms with Gasteiger partial charge in [-0.05, 0) is 47.4 Å². The zero-order valence-corrected chi connectivity index (χ0v) is 19.6. The van der Waals surface area contributed by atoms with E-state index in [1.807, 2.05) is 24.3 Å². The number of carbonyl (C=O) groups excluding carboxylic acids is 2. The number of carbonyl (C=O) groups is 3. The van der Waals surface area contributed by atoms with Crippen molar-refractivity contribution in [2.24, 2.45) is 11.8 Å². The van der Waals surface area contributed by atoms with Crippen LogP contribution in [0.4, 0.5) is 4.79 Å². The van der Waals surface area contributed by atoms with Gasteiger partial charge in [0, 0.05) is 31.4 Å². The average molecular weight is 481 g/mol. The molecule has 2 amide bonds. The Kier molecular flexibility index (Phi) is 8.02. The third-order valence-electron chi connectivity index (χ3n) is 7.06. The summed E-state index contributed by atoms with van der Waals surface area (Å²) in [5.41, 5.74) is 4.66. The molecule has 2 aromatic rings. The molecule has 8 nitrogen and oxygen atoms in total. The lowest BCUT2D eigenvalue weighted by Gasteiger charge is -2.29. The van der Waals surface area contributed by atoms with Gasteiger partial charge in [-0.2, -0.15) is 0 Å². The number of hydrogen-bond donors (Lipinski definition) is 4. The Labute approximate surface area is 204 Å². The minimum atomic E-state index is -1.16. The van der Waals surface area contributed by atoms with E-state index in [0.29, 0.717) is 19.4 Å². The van der Waals surface area contributed by atoms with E-state index in [-0.39, 0.29) is 43.3 Å². The van der Waals surface area contributed by atoms with Crippen LogP contribution in [0.15, 0.2) is 48.5 Å². The Morgan fingerprint density at radius 2 is 1.66 bits per heavy atom. The number of aliphatic hydroxyl groups is 1. The molecule has 0 heterocycles. The highest BCUT2D eigenvalue weighted by atomic mass is 16.5. The monoisotopic (exact) mass is 480 g/mol. The number of fused-ring (bicyclic) bond motifs is 3. The zero-order valence-electron chi connectivity index (χ0n) is 19.6. The number of nitrogens with one attached hydrogen (secondary N) is 2. The van der Waals surface area contributed by atoms with E-state index in [9.17, 15) is 19.5 Å². The molecule has 1 fully saturated rings. The summed E-state index contributed by atoms with van der Waals surface area (Å²) in [5.74, 6) is -1.66. The van der Waals surface area contributed by atoms with Crippen molar-refractivity contribution in [3.63, 3.8) is 0 Å². The summed E-state index contributed by atoms with van der Waals surface area (Å²) in [4.78, 5) is 36.3. The molecule has 2 aliphatic carbocycles. The van der Waals surface area contributed by atoms with Gasteiger partial charge in [0.25, 0.3) is 0 Å². The van der Waals surface area contributed by atoms with Crippen LogP contribution in [-0.4, -0.2) is 54.0 Å². The summed E-state index contributed by atoms with van der Waals surface area (Å²) in [6.07, 6.45) is 2.45. The van der Waals surface area contributed by atoms with Crippen molar-refractivity contribution in [2.75, 3.05) is 19.8 Å². The standard InChI is InChI=1S/C27H32N2O6/c30-13-12-24(26(32)33)29-25(31)18-7-5-6-17(14-18)15-28-27(34)35-16-23-21-10-3-1-8-19(21)20-9-2-4-11-22(20)23/h1-4,8-11,17-18,23-24,30H,5-7,12-16H2,(H,28,34)(H,29,31)(H,32,33)/t17?,18?,24-/m0/s1. The van der Waals surface area contributed by atoms with Crippen LogP contribution in [0.5, 0.6) is 0 Å². The number of rotatable bonds is 9. The number of benzene rings is 2. The Morgan fingerprint density at radius 3 is 2.29 bits per heavy atom. The first kappa shape index (κ1) is 24.7. The van der Waals surface area contributed by atoms with Crippen molar-refractivity contribution in [2.45, 2.75) is 44.1 Å². The summed E-state index contributed by atoms with van der Waals surface area (Å²) < 4.78 is 5.59. The van der Waals surface area contributed by atoms with Crippen LogP contribution in [0.3, 0.4) is 0 Å². The van der Waals surface area contributed by atoms with E-state index in [2.05, 4.69) is 34.9 Å². The van der Waals surface area contributed by atoms with E-state index in [4.69, 9.17) is 9.84 Å². The van der Waals surface area contributed by atoms with Gasteiger partial charge in [-0.1, -0.05) is 55.0 Å². The van der Waals surface area contributed by atoms with Gasteiger partial charge in [-0.15, -0.1) is 0 Å². The van der Waals surface area contributed by atoms with Gasteiger partial charge in [0.2, 0.25) is 5.91 Å².